The third kappa shape index (κ3) is 5.66. The minimum atomic E-state index is -0.0355. The Morgan fingerprint density at radius 3 is 2.19 bits per heavy atom. The van der Waals surface area contributed by atoms with E-state index < -0.39 is 0 Å². The summed E-state index contributed by atoms with van der Waals surface area (Å²) in [4.78, 5) is 13.5. The number of hydrogen-bond acceptors (Lipinski definition) is 2. The summed E-state index contributed by atoms with van der Waals surface area (Å²) in [5.74, 6) is 0.833. The van der Waals surface area contributed by atoms with Gasteiger partial charge >= 0.3 is 6.03 Å². The molecule has 2 amide bonds. The number of urea groups is 1. The number of rotatable bonds is 6. The molecule has 118 valence electrons. The van der Waals surface area contributed by atoms with E-state index in [9.17, 15) is 4.79 Å². The van der Waals surface area contributed by atoms with Gasteiger partial charge in [-0.3, -0.25) is 0 Å². The topological polar surface area (TPSA) is 41.6 Å². The largest absolute Gasteiger partial charge is 0.492 e. The van der Waals surface area contributed by atoms with Crippen LogP contribution in [0.3, 0.4) is 0 Å². The van der Waals surface area contributed by atoms with Gasteiger partial charge in [-0.1, -0.05) is 32.9 Å². The Bertz CT molecular complexity index is 431. The summed E-state index contributed by atoms with van der Waals surface area (Å²) in [6.07, 6.45) is 0. The van der Waals surface area contributed by atoms with E-state index in [-0.39, 0.29) is 11.4 Å². The zero-order chi connectivity index (χ0) is 15.9. The van der Waals surface area contributed by atoms with Crippen molar-refractivity contribution in [1.29, 1.82) is 0 Å². The molecule has 0 unspecified atom stereocenters. The van der Waals surface area contributed by atoms with Gasteiger partial charge in [0.2, 0.25) is 0 Å². The van der Waals surface area contributed by atoms with E-state index in [0.29, 0.717) is 13.2 Å². The van der Waals surface area contributed by atoms with Gasteiger partial charge in [-0.2, -0.15) is 0 Å². The lowest BCUT2D eigenvalue weighted by atomic mass is 9.87. The summed E-state index contributed by atoms with van der Waals surface area (Å²) in [7, 11) is 0. The Labute approximate surface area is 128 Å². The molecule has 1 N–H and O–H groups in total. The Balaban J connectivity index is 2.35. The molecule has 1 aromatic carbocycles. The highest BCUT2D eigenvalue weighted by Crippen LogP contribution is 2.24. The third-order valence-corrected chi connectivity index (χ3v) is 3.42. The van der Waals surface area contributed by atoms with Crippen LogP contribution in [0.4, 0.5) is 4.79 Å². The number of carbonyl (C=O) groups is 1. The molecule has 0 atom stereocenters. The number of benzene rings is 1. The minimum absolute atomic E-state index is 0.0355. The van der Waals surface area contributed by atoms with Gasteiger partial charge in [-0.15, -0.1) is 0 Å². The van der Waals surface area contributed by atoms with Crippen molar-refractivity contribution in [2.75, 3.05) is 26.2 Å². The number of nitrogens with one attached hydrogen (secondary N) is 1. The standard InChI is InChI=1S/C17H28N2O2/c1-6-19(7-2)16(20)18-12-13-21-15-10-8-14(9-11-15)17(3,4)5/h8-11H,6-7,12-13H2,1-5H3,(H,18,20). The van der Waals surface area contributed by atoms with Crippen LogP contribution in [0.2, 0.25) is 0 Å². The zero-order valence-electron chi connectivity index (χ0n) is 13.9. The Morgan fingerprint density at radius 1 is 1.14 bits per heavy atom. The predicted octanol–water partition coefficient (Wildman–Crippen LogP) is 3.41. The van der Waals surface area contributed by atoms with Gasteiger partial charge in [0.05, 0.1) is 6.54 Å². The first-order valence-electron chi connectivity index (χ1n) is 7.64. The van der Waals surface area contributed by atoms with Gasteiger partial charge < -0.3 is 15.0 Å². The van der Waals surface area contributed by atoms with E-state index in [4.69, 9.17) is 4.74 Å². The fourth-order valence-electron chi connectivity index (χ4n) is 2.00. The molecule has 0 saturated carbocycles. The molecule has 0 aliphatic carbocycles. The SMILES string of the molecule is CCN(CC)C(=O)NCCOc1ccc(C(C)(C)C)cc1. The van der Waals surface area contributed by atoms with Crippen LogP contribution in [0, 0.1) is 0 Å². The van der Waals surface area contributed by atoms with Crippen LogP contribution in [0.5, 0.6) is 5.75 Å². The molecule has 0 aliphatic rings. The molecular weight excluding hydrogens is 264 g/mol. The lowest BCUT2D eigenvalue weighted by Crippen LogP contribution is -2.41. The summed E-state index contributed by atoms with van der Waals surface area (Å²) in [5.41, 5.74) is 1.43. The van der Waals surface area contributed by atoms with Crippen LogP contribution in [0.25, 0.3) is 0 Å². The first kappa shape index (κ1) is 17.3. The van der Waals surface area contributed by atoms with Crippen LogP contribution in [0.15, 0.2) is 24.3 Å². The second-order valence-electron chi connectivity index (χ2n) is 6.03. The van der Waals surface area contributed by atoms with Crippen LogP contribution in [-0.4, -0.2) is 37.2 Å². The molecule has 0 bridgehead atoms. The highest BCUT2D eigenvalue weighted by Gasteiger charge is 2.13. The second-order valence-corrected chi connectivity index (χ2v) is 6.03. The van der Waals surface area contributed by atoms with Crippen molar-refractivity contribution in [3.8, 4) is 5.75 Å². The Hall–Kier alpha value is -1.71. The summed E-state index contributed by atoms with van der Waals surface area (Å²) < 4.78 is 5.64. The lowest BCUT2D eigenvalue weighted by molar-refractivity contribution is 0.200. The van der Waals surface area contributed by atoms with E-state index in [1.807, 2.05) is 26.0 Å². The highest BCUT2D eigenvalue weighted by molar-refractivity contribution is 5.74. The maximum atomic E-state index is 11.7. The molecule has 21 heavy (non-hydrogen) atoms. The summed E-state index contributed by atoms with van der Waals surface area (Å²) >= 11 is 0. The molecule has 0 radical (unpaired) electrons. The zero-order valence-corrected chi connectivity index (χ0v) is 13.9. The molecule has 0 aliphatic heterocycles. The first-order valence-corrected chi connectivity index (χ1v) is 7.64. The van der Waals surface area contributed by atoms with Crippen molar-refractivity contribution in [3.63, 3.8) is 0 Å². The molecule has 0 heterocycles. The van der Waals surface area contributed by atoms with Crippen molar-refractivity contribution in [2.45, 2.75) is 40.0 Å². The average molecular weight is 292 g/mol. The second kappa shape index (κ2) is 7.91. The molecule has 4 heteroatoms. The summed E-state index contributed by atoms with van der Waals surface area (Å²) in [6.45, 7) is 12.9. The van der Waals surface area contributed by atoms with E-state index in [2.05, 4.69) is 38.2 Å². The number of hydrogen-bond donors (Lipinski definition) is 1. The fraction of sp³-hybridized carbons (Fsp3) is 0.588. The molecule has 1 rings (SSSR count). The molecule has 1 aromatic rings. The van der Waals surface area contributed by atoms with Gasteiger partial charge in [0.1, 0.15) is 12.4 Å². The summed E-state index contributed by atoms with van der Waals surface area (Å²) in [6, 6.07) is 8.10. The molecule has 0 spiro atoms. The van der Waals surface area contributed by atoms with Gasteiger partial charge in [0.15, 0.2) is 0 Å². The van der Waals surface area contributed by atoms with Gasteiger partial charge in [-0.05, 0) is 37.0 Å². The number of carbonyl (C=O) groups excluding carboxylic acids is 1. The third-order valence-electron chi connectivity index (χ3n) is 3.42. The molecule has 0 aromatic heterocycles. The average Bonchev–Trinajstić information content (AvgIpc) is 2.44. The van der Waals surface area contributed by atoms with Crippen molar-refractivity contribution in [3.05, 3.63) is 29.8 Å². The quantitative estimate of drug-likeness (QED) is 0.816. The van der Waals surface area contributed by atoms with Crippen molar-refractivity contribution in [1.82, 2.24) is 10.2 Å². The van der Waals surface area contributed by atoms with E-state index in [1.165, 1.54) is 5.56 Å². The first-order chi connectivity index (χ1) is 9.88. The van der Waals surface area contributed by atoms with Gasteiger partial charge in [0, 0.05) is 13.1 Å². The molecule has 0 fully saturated rings. The van der Waals surface area contributed by atoms with E-state index in [1.54, 1.807) is 4.90 Å². The lowest BCUT2D eigenvalue weighted by Gasteiger charge is -2.20. The van der Waals surface area contributed by atoms with Crippen LogP contribution in [0.1, 0.15) is 40.2 Å². The summed E-state index contributed by atoms with van der Waals surface area (Å²) in [5, 5.41) is 2.85. The Morgan fingerprint density at radius 2 is 1.71 bits per heavy atom. The smallest absolute Gasteiger partial charge is 0.317 e. The van der Waals surface area contributed by atoms with Crippen LogP contribution < -0.4 is 10.1 Å². The maximum absolute atomic E-state index is 11.7. The van der Waals surface area contributed by atoms with Crippen molar-refractivity contribution < 1.29 is 9.53 Å². The van der Waals surface area contributed by atoms with Crippen molar-refractivity contribution >= 4 is 6.03 Å². The number of amides is 2. The Kier molecular flexibility index (Phi) is 6.53. The predicted molar refractivity (Wildman–Crippen MR) is 87.0 cm³/mol. The van der Waals surface area contributed by atoms with Crippen molar-refractivity contribution in [2.24, 2.45) is 0 Å². The minimum Gasteiger partial charge on any atom is -0.492 e. The fourth-order valence-corrected chi connectivity index (χ4v) is 2.00. The molecule has 0 saturated heterocycles. The molecule has 4 nitrogen and oxygen atoms in total. The monoisotopic (exact) mass is 292 g/mol. The van der Waals surface area contributed by atoms with E-state index in [0.717, 1.165) is 18.8 Å². The van der Waals surface area contributed by atoms with Crippen LogP contribution >= 0.6 is 0 Å². The number of nitrogens with zero attached hydrogens (tertiary/aromatic N) is 1. The van der Waals surface area contributed by atoms with Gasteiger partial charge in [0.25, 0.3) is 0 Å². The maximum Gasteiger partial charge on any atom is 0.317 e. The van der Waals surface area contributed by atoms with E-state index >= 15 is 0 Å². The number of ether oxygens (including phenoxy) is 1. The van der Waals surface area contributed by atoms with Gasteiger partial charge in [-0.25, -0.2) is 4.79 Å². The normalized spacial score (nSPS) is 11.1. The van der Waals surface area contributed by atoms with Crippen LogP contribution in [-0.2, 0) is 5.41 Å². The highest BCUT2D eigenvalue weighted by atomic mass is 16.5. The molecular formula is C17H28N2O2.